The molecule has 1 saturated carbocycles. The Balaban J connectivity index is 1.83. The predicted octanol–water partition coefficient (Wildman–Crippen LogP) is 0.670. The topological polar surface area (TPSA) is 86.4 Å². The van der Waals surface area contributed by atoms with Gasteiger partial charge in [-0.15, -0.1) is 11.8 Å². The van der Waals surface area contributed by atoms with Gasteiger partial charge in [-0.2, -0.15) is 5.26 Å². The Bertz CT molecular complexity index is 684. The number of carbonyl (C=O) groups excluding carboxylic acids is 2. The van der Waals surface area contributed by atoms with Gasteiger partial charge in [0.25, 0.3) is 11.8 Å². The number of thioether (sulfide) groups is 1. The van der Waals surface area contributed by atoms with E-state index in [-0.39, 0.29) is 30.8 Å². The van der Waals surface area contributed by atoms with Gasteiger partial charge in [0, 0.05) is 4.90 Å². The van der Waals surface area contributed by atoms with Gasteiger partial charge in [0.2, 0.25) is 0 Å². The summed E-state index contributed by atoms with van der Waals surface area (Å²) in [6, 6.07) is 9.82. The third-order valence-corrected chi connectivity index (χ3v) is 5.13. The Labute approximate surface area is 153 Å². The Morgan fingerprint density at radius 3 is 2.56 bits per heavy atom. The van der Waals surface area contributed by atoms with Crippen LogP contribution in [0.5, 0.6) is 0 Å². The minimum absolute atomic E-state index is 0.142. The summed E-state index contributed by atoms with van der Waals surface area (Å²) in [6.45, 7) is 2.11. The molecule has 0 radical (unpaired) electrons. The number of rotatable bonds is 8. The molecule has 2 rings (SSSR count). The Kier molecular flexibility index (Phi) is 6.45. The van der Waals surface area contributed by atoms with Crippen molar-refractivity contribution < 1.29 is 14.5 Å². The highest BCUT2D eigenvalue weighted by molar-refractivity contribution is 7.98. The fourth-order valence-electron chi connectivity index (χ4n) is 2.77. The fourth-order valence-corrected chi connectivity index (χ4v) is 3.32. The lowest BCUT2D eigenvalue weighted by Gasteiger charge is -2.23. The summed E-state index contributed by atoms with van der Waals surface area (Å²) in [6.07, 6.45) is 3.91. The zero-order valence-electron chi connectivity index (χ0n) is 14.9. The number of para-hydroxylation sites is 1. The maximum Gasteiger partial charge on any atom is 0.279 e. The van der Waals surface area contributed by atoms with Crippen molar-refractivity contribution in [3.8, 4) is 6.07 Å². The molecule has 25 heavy (non-hydrogen) atoms. The average molecular weight is 361 g/mol. The third-order valence-electron chi connectivity index (χ3n) is 4.33. The quantitative estimate of drug-likeness (QED) is 0.594. The van der Waals surface area contributed by atoms with Crippen LogP contribution in [0.15, 0.2) is 29.2 Å². The number of likely N-dealkylation sites (N-methyl/N-ethyl adjacent to an activating group) is 1. The molecule has 0 saturated heterocycles. The highest BCUT2D eigenvalue weighted by Gasteiger charge is 2.43. The van der Waals surface area contributed by atoms with E-state index >= 15 is 0 Å². The minimum atomic E-state index is -0.795. The number of amides is 2. The molecule has 134 valence electrons. The monoisotopic (exact) mass is 361 g/mol. The van der Waals surface area contributed by atoms with Crippen LogP contribution in [-0.4, -0.2) is 43.7 Å². The van der Waals surface area contributed by atoms with Crippen molar-refractivity contribution in [3.05, 3.63) is 24.3 Å². The van der Waals surface area contributed by atoms with Gasteiger partial charge >= 0.3 is 0 Å². The number of carbonyl (C=O) groups is 2. The average Bonchev–Trinajstić information content (AvgIpc) is 3.40. The molecule has 0 spiro atoms. The van der Waals surface area contributed by atoms with Crippen molar-refractivity contribution in [2.24, 2.45) is 5.92 Å². The van der Waals surface area contributed by atoms with E-state index in [9.17, 15) is 14.9 Å². The van der Waals surface area contributed by atoms with E-state index < -0.39 is 5.54 Å². The fraction of sp³-hybridized carbons (Fsp3) is 0.500. The van der Waals surface area contributed by atoms with Crippen molar-refractivity contribution in [2.75, 3.05) is 31.7 Å². The van der Waals surface area contributed by atoms with Crippen LogP contribution < -0.4 is 15.5 Å². The molecule has 1 aliphatic carbocycles. The second-order valence-corrected chi connectivity index (χ2v) is 7.54. The Morgan fingerprint density at radius 1 is 1.32 bits per heavy atom. The molecule has 1 unspecified atom stereocenters. The number of hydrogen-bond donors (Lipinski definition) is 3. The highest BCUT2D eigenvalue weighted by Crippen LogP contribution is 2.39. The summed E-state index contributed by atoms with van der Waals surface area (Å²) in [7, 11) is 1.79. The van der Waals surface area contributed by atoms with Crippen molar-refractivity contribution in [3.63, 3.8) is 0 Å². The van der Waals surface area contributed by atoms with Crippen LogP contribution in [-0.2, 0) is 9.59 Å². The number of hydrogen-bond acceptors (Lipinski definition) is 4. The summed E-state index contributed by atoms with van der Waals surface area (Å²) >= 11 is 1.57. The van der Waals surface area contributed by atoms with E-state index in [0.29, 0.717) is 0 Å². The third kappa shape index (κ3) is 5.48. The number of anilines is 1. The summed E-state index contributed by atoms with van der Waals surface area (Å²) in [5.74, 6) is -0.101. The molecule has 0 bridgehead atoms. The molecule has 1 aliphatic rings. The lowest BCUT2D eigenvalue weighted by atomic mass is 9.98. The lowest BCUT2D eigenvalue weighted by Crippen LogP contribution is -3.11. The number of nitriles is 1. The van der Waals surface area contributed by atoms with Crippen LogP contribution in [0, 0.1) is 17.2 Å². The van der Waals surface area contributed by atoms with Crippen molar-refractivity contribution in [1.29, 1.82) is 5.26 Å². The standard InChI is InChI=1S/C18H24N4O2S/c1-18(12-19,13-8-9-13)21-17(24)11-22(2)10-16(23)20-14-6-4-5-7-15(14)25-3/h4-7,13H,8-11H2,1-3H3,(H,20,23)(H,21,24)/p+1/t18-/m1/s1. The maximum atomic E-state index is 12.2. The SMILES string of the molecule is CSc1ccccc1NC(=O)C[NH+](C)CC(=O)N[C@](C)(C#N)C1CC1. The molecule has 3 N–H and O–H groups in total. The van der Waals surface area contributed by atoms with Gasteiger partial charge in [0.05, 0.1) is 18.8 Å². The van der Waals surface area contributed by atoms with Crippen molar-refractivity contribution in [2.45, 2.75) is 30.2 Å². The second-order valence-electron chi connectivity index (χ2n) is 6.70. The summed E-state index contributed by atoms with van der Waals surface area (Å²) < 4.78 is 0. The molecule has 1 fully saturated rings. The zero-order valence-corrected chi connectivity index (χ0v) is 15.7. The first kappa shape index (κ1) is 19.3. The molecular formula is C18H25N4O2S+. The maximum absolute atomic E-state index is 12.2. The van der Waals surface area contributed by atoms with Crippen LogP contribution in [0.25, 0.3) is 0 Å². The molecule has 1 aromatic carbocycles. The van der Waals surface area contributed by atoms with Gasteiger partial charge in [0.1, 0.15) is 5.54 Å². The first-order chi connectivity index (χ1) is 11.9. The number of nitrogens with one attached hydrogen (secondary N) is 3. The number of nitrogens with zero attached hydrogens (tertiary/aromatic N) is 1. The lowest BCUT2D eigenvalue weighted by molar-refractivity contribution is -0.862. The van der Waals surface area contributed by atoms with E-state index in [4.69, 9.17) is 0 Å². The molecule has 0 aliphatic heterocycles. The number of benzene rings is 1. The van der Waals surface area contributed by atoms with Gasteiger partial charge in [-0.3, -0.25) is 9.59 Å². The molecule has 2 atom stereocenters. The molecule has 0 aromatic heterocycles. The molecule has 2 amide bonds. The van der Waals surface area contributed by atoms with E-state index in [1.165, 1.54) is 0 Å². The first-order valence-electron chi connectivity index (χ1n) is 8.34. The van der Waals surface area contributed by atoms with E-state index in [0.717, 1.165) is 28.3 Å². The van der Waals surface area contributed by atoms with E-state index in [1.807, 2.05) is 30.5 Å². The Morgan fingerprint density at radius 2 is 1.96 bits per heavy atom. The minimum Gasteiger partial charge on any atom is -0.333 e. The number of quaternary nitrogens is 1. The van der Waals surface area contributed by atoms with E-state index in [2.05, 4.69) is 16.7 Å². The first-order valence-corrected chi connectivity index (χ1v) is 9.57. The molecule has 7 heteroatoms. The molecular weight excluding hydrogens is 336 g/mol. The van der Waals surface area contributed by atoms with Gasteiger partial charge in [-0.1, -0.05) is 12.1 Å². The van der Waals surface area contributed by atoms with Gasteiger partial charge in [-0.25, -0.2) is 0 Å². The van der Waals surface area contributed by atoms with Crippen molar-refractivity contribution in [1.82, 2.24) is 5.32 Å². The zero-order chi connectivity index (χ0) is 18.4. The molecule has 1 aromatic rings. The van der Waals surface area contributed by atoms with Gasteiger partial charge in [-0.05, 0) is 44.1 Å². The van der Waals surface area contributed by atoms with Crippen LogP contribution in [0.1, 0.15) is 19.8 Å². The van der Waals surface area contributed by atoms with Crippen LogP contribution in [0.2, 0.25) is 0 Å². The summed E-state index contributed by atoms with van der Waals surface area (Å²) in [5, 5.41) is 15.0. The highest BCUT2D eigenvalue weighted by atomic mass is 32.2. The molecule has 6 nitrogen and oxygen atoms in total. The normalized spacial score (nSPS) is 17.0. The van der Waals surface area contributed by atoms with Gasteiger partial charge in [0.15, 0.2) is 13.1 Å². The van der Waals surface area contributed by atoms with E-state index in [1.54, 1.807) is 25.7 Å². The molecule has 0 heterocycles. The summed E-state index contributed by atoms with van der Waals surface area (Å²) in [5.41, 5.74) is -0.0141. The predicted molar refractivity (Wildman–Crippen MR) is 98.4 cm³/mol. The largest absolute Gasteiger partial charge is 0.333 e. The van der Waals surface area contributed by atoms with Gasteiger partial charge < -0.3 is 15.5 Å². The smallest absolute Gasteiger partial charge is 0.279 e. The van der Waals surface area contributed by atoms with Crippen molar-refractivity contribution >= 4 is 29.3 Å². The Hall–Kier alpha value is -2.04. The van der Waals surface area contributed by atoms with Crippen LogP contribution >= 0.6 is 11.8 Å². The van der Waals surface area contributed by atoms with Crippen LogP contribution in [0.4, 0.5) is 5.69 Å². The van der Waals surface area contributed by atoms with Crippen LogP contribution in [0.3, 0.4) is 0 Å². The second kappa shape index (κ2) is 8.37. The summed E-state index contributed by atoms with van der Waals surface area (Å²) in [4.78, 5) is 26.2.